The van der Waals surface area contributed by atoms with E-state index in [1.807, 2.05) is 0 Å². The maximum Gasteiger partial charge on any atom is 0.210 e. The Morgan fingerprint density at radius 3 is 2.93 bits per heavy atom. The van der Waals surface area contributed by atoms with Crippen LogP contribution in [0, 0.1) is 0 Å². The molecule has 2 rings (SSSR count). The molecular weight excluding hydrogens is 190 g/mol. The zero-order valence-corrected chi connectivity index (χ0v) is 8.70. The summed E-state index contributed by atoms with van der Waals surface area (Å²) in [5.74, 6) is 0.0330. The minimum absolute atomic E-state index is 0.0330. The van der Waals surface area contributed by atoms with Crippen LogP contribution in [-0.4, -0.2) is 21.2 Å². The molecule has 0 aliphatic heterocycles. The molecule has 1 aliphatic carbocycles. The Labute approximate surface area is 88.8 Å². The van der Waals surface area contributed by atoms with E-state index in [4.69, 9.17) is 0 Å². The number of rotatable bonds is 2. The fraction of sp³-hybridized carbons (Fsp3) is 0.545. The molecule has 1 aliphatic rings. The summed E-state index contributed by atoms with van der Waals surface area (Å²) in [7, 11) is 0. The summed E-state index contributed by atoms with van der Waals surface area (Å²) < 4.78 is 0. The fourth-order valence-electron chi connectivity index (χ4n) is 1.87. The maximum absolute atomic E-state index is 11.9. The predicted octanol–water partition coefficient (Wildman–Crippen LogP) is 2.27. The van der Waals surface area contributed by atoms with E-state index in [1.165, 1.54) is 25.5 Å². The Balaban J connectivity index is 2.11. The number of nitrogens with zero attached hydrogens (tertiary/aromatic N) is 2. The SMILES string of the molecule is O=C(/C1=C/CCCCCC1)c1cn[nH]n1. The molecule has 0 amide bonds. The van der Waals surface area contributed by atoms with Crippen molar-refractivity contribution in [3.05, 3.63) is 23.5 Å². The van der Waals surface area contributed by atoms with E-state index in [2.05, 4.69) is 21.5 Å². The molecule has 0 radical (unpaired) electrons. The van der Waals surface area contributed by atoms with Crippen molar-refractivity contribution in [1.29, 1.82) is 0 Å². The van der Waals surface area contributed by atoms with E-state index >= 15 is 0 Å². The number of hydrogen-bond donors (Lipinski definition) is 1. The average molecular weight is 205 g/mol. The minimum Gasteiger partial charge on any atom is -0.287 e. The van der Waals surface area contributed by atoms with Gasteiger partial charge in [0.05, 0.1) is 6.20 Å². The highest BCUT2D eigenvalue weighted by Crippen LogP contribution is 2.19. The van der Waals surface area contributed by atoms with Crippen molar-refractivity contribution in [1.82, 2.24) is 15.4 Å². The molecule has 15 heavy (non-hydrogen) atoms. The van der Waals surface area contributed by atoms with Crippen LogP contribution >= 0.6 is 0 Å². The molecule has 0 spiro atoms. The van der Waals surface area contributed by atoms with Crippen molar-refractivity contribution in [2.24, 2.45) is 0 Å². The fourth-order valence-corrected chi connectivity index (χ4v) is 1.87. The van der Waals surface area contributed by atoms with Crippen LogP contribution < -0.4 is 0 Å². The molecule has 0 fully saturated rings. The predicted molar refractivity (Wildman–Crippen MR) is 56.5 cm³/mol. The Bertz CT molecular complexity index is 354. The van der Waals surface area contributed by atoms with Gasteiger partial charge in [0.25, 0.3) is 0 Å². The molecule has 0 unspecified atom stereocenters. The molecule has 1 aromatic heterocycles. The van der Waals surface area contributed by atoms with Gasteiger partial charge in [-0.3, -0.25) is 4.79 Å². The number of carbonyl (C=O) groups excluding carboxylic acids is 1. The normalized spacial score (nSPS) is 21.2. The smallest absolute Gasteiger partial charge is 0.210 e. The Kier molecular flexibility index (Phi) is 3.27. The quantitative estimate of drug-likeness (QED) is 0.753. The lowest BCUT2D eigenvalue weighted by Crippen LogP contribution is -2.05. The van der Waals surface area contributed by atoms with Crippen LogP contribution in [0.2, 0.25) is 0 Å². The number of nitrogens with one attached hydrogen (secondary N) is 1. The largest absolute Gasteiger partial charge is 0.287 e. The lowest BCUT2D eigenvalue weighted by Gasteiger charge is -2.08. The maximum atomic E-state index is 11.9. The summed E-state index contributed by atoms with van der Waals surface area (Å²) in [6.07, 6.45) is 10.2. The molecule has 1 aromatic rings. The molecule has 0 atom stereocenters. The van der Waals surface area contributed by atoms with Crippen LogP contribution in [0.5, 0.6) is 0 Å². The molecular formula is C11H15N3O. The summed E-state index contributed by atoms with van der Waals surface area (Å²) in [6.45, 7) is 0. The highest BCUT2D eigenvalue weighted by Gasteiger charge is 2.15. The first-order valence-corrected chi connectivity index (χ1v) is 5.47. The summed E-state index contributed by atoms with van der Waals surface area (Å²) in [5, 5.41) is 9.94. The molecule has 4 heteroatoms. The van der Waals surface area contributed by atoms with Gasteiger partial charge in [-0.25, -0.2) is 0 Å². The molecule has 1 N–H and O–H groups in total. The van der Waals surface area contributed by atoms with Gasteiger partial charge in [0.15, 0.2) is 5.69 Å². The van der Waals surface area contributed by atoms with Gasteiger partial charge in [0.2, 0.25) is 5.78 Å². The van der Waals surface area contributed by atoms with Crippen LogP contribution in [0.4, 0.5) is 0 Å². The van der Waals surface area contributed by atoms with Crippen molar-refractivity contribution in [3.8, 4) is 0 Å². The van der Waals surface area contributed by atoms with Gasteiger partial charge in [0.1, 0.15) is 0 Å². The van der Waals surface area contributed by atoms with Crippen molar-refractivity contribution in [2.45, 2.75) is 38.5 Å². The van der Waals surface area contributed by atoms with Gasteiger partial charge in [-0.05, 0) is 31.3 Å². The van der Waals surface area contributed by atoms with Gasteiger partial charge >= 0.3 is 0 Å². The number of aromatic amines is 1. The summed E-state index contributed by atoms with van der Waals surface area (Å²) >= 11 is 0. The summed E-state index contributed by atoms with van der Waals surface area (Å²) in [4.78, 5) is 11.9. The van der Waals surface area contributed by atoms with Gasteiger partial charge in [-0.2, -0.15) is 15.4 Å². The second-order valence-corrected chi connectivity index (χ2v) is 3.87. The lowest BCUT2D eigenvalue weighted by atomic mass is 9.96. The lowest BCUT2D eigenvalue weighted by molar-refractivity contribution is 0.102. The molecule has 4 nitrogen and oxygen atoms in total. The Morgan fingerprint density at radius 2 is 2.13 bits per heavy atom. The van der Waals surface area contributed by atoms with Crippen LogP contribution in [0.25, 0.3) is 0 Å². The van der Waals surface area contributed by atoms with Crippen molar-refractivity contribution >= 4 is 5.78 Å². The highest BCUT2D eigenvalue weighted by atomic mass is 16.1. The van der Waals surface area contributed by atoms with Crippen LogP contribution in [0.3, 0.4) is 0 Å². The van der Waals surface area contributed by atoms with Crippen molar-refractivity contribution < 1.29 is 4.79 Å². The first-order chi connectivity index (χ1) is 7.38. The zero-order chi connectivity index (χ0) is 10.5. The second kappa shape index (κ2) is 4.87. The third kappa shape index (κ3) is 2.52. The van der Waals surface area contributed by atoms with Gasteiger partial charge in [-0.15, -0.1) is 0 Å². The molecule has 0 saturated heterocycles. The van der Waals surface area contributed by atoms with Crippen molar-refractivity contribution in [3.63, 3.8) is 0 Å². The van der Waals surface area contributed by atoms with Gasteiger partial charge < -0.3 is 0 Å². The topological polar surface area (TPSA) is 58.6 Å². The average Bonchev–Trinajstić information content (AvgIpc) is 2.68. The third-order valence-corrected chi connectivity index (χ3v) is 2.73. The first-order valence-electron chi connectivity index (χ1n) is 5.47. The molecule has 80 valence electrons. The van der Waals surface area contributed by atoms with E-state index in [1.54, 1.807) is 0 Å². The molecule has 0 saturated carbocycles. The van der Waals surface area contributed by atoms with E-state index in [-0.39, 0.29) is 5.78 Å². The standard InChI is InChI=1S/C11H15N3O/c15-11(10-8-12-14-13-10)9-6-4-2-1-3-5-7-9/h6,8H,1-5,7H2,(H,12,13,14)/b9-6+. The number of H-pyrrole nitrogens is 1. The summed E-state index contributed by atoms with van der Waals surface area (Å²) in [5.41, 5.74) is 1.34. The van der Waals surface area contributed by atoms with Crippen molar-refractivity contribution in [2.75, 3.05) is 0 Å². The third-order valence-electron chi connectivity index (χ3n) is 2.73. The molecule has 0 bridgehead atoms. The summed E-state index contributed by atoms with van der Waals surface area (Å²) in [6, 6.07) is 0. The van der Waals surface area contributed by atoms with E-state index < -0.39 is 0 Å². The second-order valence-electron chi connectivity index (χ2n) is 3.87. The number of hydrogen-bond acceptors (Lipinski definition) is 3. The van der Waals surface area contributed by atoms with Crippen LogP contribution in [-0.2, 0) is 0 Å². The monoisotopic (exact) mass is 205 g/mol. The molecule has 0 aromatic carbocycles. The minimum atomic E-state index is 0.0330. The van der Waals surface area contributed by atoms with Gasteiger partial charge in [-0.1, -0.05) is 18.9 Å². The van der Waals surface area contributed by atoms with Crippen LogP contribution in [0.1, 0.15) is 49.0 Å². The number of Topliss-reactive ketones (excluding diaryl/α,β-unsaturated/α-hetero) is 1. The molecule has 1 heterocycles. The number of aromatic nitrogens is 3. The first kappa shape index (κ1) is 10.1. The van der Waals surface area contributed by atoms with E-state index in [0.29, 0.717) is 5.69 Å². The van der Waals surface area contributed by atoms with Gasteiger partial charge in [0, 0.05) is 0 Å². The highest BCUT2D eigenvalue weighted by molar-refractivity contribution is 6.07. The van der Waals surface area contributed by atoms with E-state index in [9.17, 15) is 4.79 Å². The Morgan fingerprint density at radius 1 is 1.27 bits per heavy atom. The van der Waals surface area contributed by atoms with E-state index in [0.717, 1.165) is 24.8 Å². The number of ketones is 1. The number of carbonyl (C=O) groups is 1. The number of allylic oxidation sites excluding steroid dienone is 2. The van der Waals surface area contributed by atoms with Crippen LogP contribution in [0.15, 0.2) is 17.8 Å². The zero-order valence-electron chi connectivity index (χ0n) is 8.70. The Hall–Kier alpha value is -1.45.